The minimum Gasteiger partial charge on any atom is -0.488 e. The van der Waals surface area contributed by atoms with Crippen LogP contribution in [0, 0.1) is 0 Å². The number of rotatable bonds is 6. The van der Waals surface area contributed by atoms with Crippen LogP contribution in [0.2, 0.25) is 5.02 Å². The predicted octanol–water partition coefficient (Wildman–Crippen LogP) is 4.02. The Morgan fingerprint density at radius 1 is 1.10 bits per heavy atom. The van der Waals surface area contributed by atoms with Gasteiger partial charge in [-0.2, -0.15) is 0 Å². The molecule has 2 aromatic carbocycles. The van der Waals surface area contributed by atoms with E-state index in [9.17, 15) is 24.6 Å². The number of pyridine rings is 1. The molecule has 10 heteroatoms. The molecule has 8 nitrogen and oxygen atoms in total. The number of hydrogen-bond donors (Lipinski definition) is 4. The van der Waals surface area contributed by atoms with Crippen molar-refractivity contribution in [2.24, 2.45) is 0 Å². The molecule has 0 saturated heterocycles. The molecule has 0 saturated carbocycles. The molecule has 0 aliphatic carbocycles. The summed E-state index contributed by atoms with van der Waals surface area (Å²) in [5.41, 5.74) is 3.84. The molecule has 0 radical (unpaired) electrons. The molecule has 0 aliphatic heterocycles. The third kappa shape index (κ3) is 4.32. The van der Waals surface area contributed by atoms with Gasteiger partial charge in [0.05, 0.1) is 0 Å². The van der Waals surface area contributed by atoms with Crippen LogP contribution in [0.1, 0.15) is 26.3 Å². The number of aromatic amines is 1. The topological polar surface area (TPSA) is 143 Å². The van der Waals surface area contributed by atoms with Crippen LogP contribution >= 0.6 is 27.5 Å². The molecule has 30 heavy (non-hydrogen) atoms. The largest absolute Gasteiger partial charge is 0.488 e. The maximum atomic E-state index is 12.3. The van der Waals surface area contributed by atoms with Crippen LogP contribution in [0.3, 0.4) is 0 Å². The predicted molar refractivity (Wildman–Crippen MR) is 114 cm³/mol. The molecule has 3 rings (SSSR count). The van der Waals surface area contributed by atoms with Gasteiger partial charge in [-0.3, -0.25) is 4.79 Å². The van der Waals surface area contributed by atoms with Gasteiger partial charge in [-0.05, 0) is 35.9 Å². The van der Waals surface area contributed by atoms with E-state index in [0.717, 1.165) is 5.56 Å². The van der Waals surface area contributed by atoms with Crippen molar-refractivity contribution in [2.75, 3.05) is 5.73 Å². The highest BCUT2D eigenvalue weighted by molar-refractivity contribution is 9.10. The SMILES string of the molecule is Nc1[nH]c(=O)c(C(=O)O)c(-c2cc(Br)ccc2OCc2cccc(Cl)c2)c1C(=O)O. The van der Waals surface area contributed by atoms with Gasteiger partial charge in [-0.25, -0.2) is 9.59 Å². The molecular formula is C20H14BrClN2O6. The summed E-state index contributed by atoms with van der Waals surface area (Å²) in [6, 6.07) is 11.5. The maximum Gasteiger partial charge on any atom is 0.342 e. The number of nitrogens with two attached hydrogens (primary N) is 1. The number of nitrogen functional groups attached to an aromatic ring is 1. The zero-order chi connectivity index (χ0) is 22.0. The quantitative estimate of drug-likeness (QED) is 0.406. The van der Waals surface area contributed by atoms with Crippen LogP contribution in [0.4, 0.5) is 5.82 Å². The van der Waals surface area contributed by atoms with Gasteiger partial charge in [-0.1, -0.05) is 39.7 Å². The first-order valence-corrected chi connectivity index (χ1v) is 9.55. The minimum absolute atomic E-state index is 0.0681. The fourth-order valence-corrected chi connectivity index (χ4v) is 3.50. The van der Waals surface area contributed by atoms with E-state index in [2.05, 4.69) is 20.9 Å². The average Bonchev–Trinajstić information content (AvgIpc) is 2.65. The number of hydrogen-bond acceptors (Lipinski definition) is 5. The summed E-state index contributed by atoms with van der Waals surface area (Å²) >= 11 is 9.25. The number of anilines is 1. The van der Waals surface area contributed by atoms with Crippen LogP contribution in [0.5, 0.6) is 5.75 Å². The Balaban J connectivity index is 2.23. The highest BCUT2D eigenvalue weighted by Gasteiger charge is 2.28. The first-order chi connectivity index (χ1) is 14.2. The monoisotopic (exact) mass is 492 g/mol. The molecule has 0 unspecified atom stereocenters. The Morgan fingerprint density at radius 3 is 2.43 bits per heavy atom. The molecule has 0 spiro atoms. The standard InChI is InChI=1S/C20H14BrClN2O6/c21-10-4-5-13(30-8-9-2-1-3-11(22)6-9)12(7-10)14-15(19(26)27)17(23)24-18(25)16(14)20(28)29/h1-7H,8H2,(H,26,27)(H,28,29)(H3,23,24,25). The molecule has 5 N–H and O–H groups in total. The normalized spacial score (nSPS) is 10.6. The van der Waals surface area contributed by atoms with Crippen LogP contribution < -0.4 is 16.0 Å². The van der Waals surface area contributed by atoms with E-state index in [0.29, 0.717) is 9.50 Å². The Bertz CT molecular complexity index is 1220. The second-order valence-electron chi connectivity index (χ2n) is 6.16. The van der Waals surface area contributed by atoms with Gasteiger partial charge in [0.2, 0.25) is 0 Å². The van der Waals surface area contributed by atoms with Crippen molar-refractivity contribution in [3.05, 3.63) is 79.0 Å². The molecule has 0 atom stereocenters. The summed E-state index contributed by atoms with van der Waals surface area (Å²) in [5, 5.41) is 19.7. The number of H-pyrrole nitrogens is 1. The van der Waals surface area contributed by atoms with Gasteiger partial charge in [-0.15, -0.1) is 0 Å². The molecule has 3 aromatic rings. The third-order valence-corrected chi connectivity index (χ3v) is 4.89. The summed E-state index contributed by atoms with van der Waals surface area (Å²) in [4.78, 5) is 38.0. The van der Waals surface area contributed by atoms with Crippen molar-refractivity contribution in [1.29, 1.82) is 0 Å². The molecule has 1 aromatic heterocycles. The van der Waals surface area contributed by atoms with Crippen molar-refractivity contribution >= 4 is 45.3 Å². The summed E-state index contributed by atoms with van der Waals surface area (Å²) in [6.07, 6.45) is 0. The number of nitrogens with one attached hydrogen (secondary N) is 1. The lowest BCUT2D eigenvalue weighted by atomic mass is 9.94. The second-order valence-corrected chi connectivity index (χ2v) is 7.51. The van der Waals surface area contributed by atoms with E-state index in [-0.39, 0.29) is 23.5 Å². The Labute approximate surface area is 183 Å². The summed E-state index contributed by atoms with van der Waals surface area (Å²) in [6.45, 7) is 0.0681. The molecule has 0 fully saturated rings. The third-order valence-electron chi connectivity index (χ3n) is 4.17. The van der Waals surface area contributed by atoms with Crippen molar-refractivity contribution in [2.45, 2.75) is 6.61 Å². The van der Waals surface area contributed by atoms with E-state index in [1.165, 1.54) is 12.1 Å². The second kappa shape index (κ2) is 8.60. The zero-order valence-electron chi connectivity index (χ0n) is 15.1. The Kier molecular flexibility index (Phi) is 6.14. The van der Waals surface area contributed by atoms with Crippen LogP contribution in [-0.2, 0) is 6.61 Å². The van der Waals surface area contributed by atoms with E-state index >= 15 is 0 Å². The van der Waals surface area contributed by atoms with Crippen LogP contribution in [-0.4, -0.2) is 27.1 Å². The van der Waals surface area contributed by atoms with E-state index in [1.807, 2.05) is 0 Å². The number of aromatic nitrogens is 1. The number of carboxylic acid groups (broad SMARTS) is 2. The van der Waals surface area contributed by atoms with Crippen LogP contribution in [0.15, 0.2) is 51.7 Å². The lowest BCUT2D eigenvalue weighted by Gasteiger charge is -2.17. The van der Waals surface area contributed by atoms with E-state index in [1.54, 1.807) is 30.3 Å². The number of aromatic carboxylic acids is 2. The summed E-state index contributed by atoms with van der Waals surface area (Å²) in [5.74, 6) is -3.40. The smallest absolute Gasteiger partial charge is 0.342 e. The van der Waals surface area contributed by atoms with Gasteiger partial charge in [0, 0.05) is 20.6 Å². The fourth-order valence-electron chi connectivity index (χ4n) is 2.93. The minimum atomic E-state index is -1.60. The van der Waals surface area contributed by atoms with Crippen molar-refractivity contribution in [3.8, 4) is 16.9 Å². The number of ether oxygens (including phenoxy) is 1. The van der Waals surface area contributed by atoms with Crippen molar-refractivity contribution in [3.63, 3.8) is 0 Å². The van der Waals surface area contributed by atoms with Gasteiger partial charge >= 0.3 is 11.9 Å². The molecule has 0 aliphatic rings. The first kappa shape index (κ1) is 21.4. The maximum absolute atomic E-state index is 12.3. The Morgan fingerprint density at radius 2 is 1.80 bits per heavy atom. The van der Waals surface area contributed by atoms with E-state index in [4.69, 9.17) is 22.1 Å². The highest BCUT2D eigenvalue weighted by Crippen LogP contribution is 2.38. The Hall–Kier alpha value is -3.30. The first-order valence-electron chi connectivity index (χ1n) is 8.38. The zero-order valence-corrected chi connectivity index (χ0v) is 17.5. The van der Waals surface area contributed by atoms with Gasteiger partial charge < -0.3 is 25.7 Å². The van der Waals surface area contributed by atoms with Gasteiger partial charge in [0.25, 0.3) is 5.56 Å². The molecular weight excluding hydrogens is 480 g/mol. The lowest BCUT2D eigenvalue weighted by Crippen LogP contribution is -2.24. The van der Waals surface area contributed by atoms with Gasteiger partial charge in [0.15, 0.2) is 0 Å². The summed E-state index contributed by atoms with van der Waals surface area (Å²) < 4.78 is 6.33. The van der Waals surface area contributed by atoms with Crippen molar-refractivity contribution in [1.82, 2.24) is 4.98 Å². The average molecular weight is 494 g/mol. The van der Waals surface area contributed by atoms with Crippen LogP contribution in [0.25, 0.3) is 11.1 Å². The van der Waals surface area contributed by atoms with Crippen molar-refractivity contribution < 1.29 is 24.5 Å². The molecule has 0 bridgehead atoms. The molecule has 154 valence electrons. The van der Waals surface area contributed by atoms with E-state index < -0.39 is 34.4 Å². The summed E-state index contributed by atoms with van der Waals surface area (Å²) in [7, 11) is 0. The van der Waals surface area contributed by atoms with Gasteiger partial charge in [0.1, 0.15) is 29.3 Å². The number of carbonyl (C=O) groups is 2. The molecule has 1 heterocycles. The highest BCUT2D eigenvalue weighted by atomic mass is 79.9. The number of halogens is 2. The lowest BCUT2D eigenvalue weighted by molar-refractivity contribution is 0.0695. The number of carboxylic acids is 2. The number of benzene rings is 2. The fraction of sp³-hybridized carbons (Fsp3) is 0.0500. The molecule has 0 amide bonds.